The molecule has 0 saturated heterocycles. The molecule has 1 aromatic heterocycles. The van der Waals surface area contributed by atoms with E-state index in [1.807, 2.05) is 23.9 Å². The van der Waals surface area contributed by atoms with Gasteiger partial charge in [-0.2, -0.15) is 11.8 Å². The Labute approximate surface area is 112 Å². The Morgan fingerprint density at radius 3 is 2.94 bits per heavy atom. The van der Waals surface area contributed by atoms with E-state index in [4.69, 9.17) is 18.0 Å². The van der Waals surface area contributed by atoms with Crippen molar-refractivity contribution in [2.24, 2.45) is 5.73 Å². The third-order valence-electron chi connectivity index (χ3n) is 3.34. The number of aromatic nitrogens is 1. The Morgan fingerprint density at radius 1 is 1.65 bits per heavy atom. The second kappa shape index (κ2) is 5.23. The summed E-state index contributed by atoms with van der Waals surface area (Å²) in [6.45, 7) is 0.954. The Kier molecular flexibility index (Phi) is 3.89. The summed E-state index contributed by atoms with van der Waals surface area (Å²) in [6, 6.07) is 3.88. The summed E-state index contributed by atoms with van der Waals surface area (Å²) in [6.07, 6.45) is 7.79. The smallest absolute Gasteiger partial charge is 0.124 e. The van der Waals surface area contributed by atoms with Crippen LogP contribution in [0.4, 0.5) is 5.69 Å². The van der Waals surface area contributed by atoms with E-state index in [-0.39, 0.29) is 0 Å². The Bertz CT molecular complexity index is 410. The maximum absolute atomic E-state index is 5.66. The molecule has 0 amide bonds. The van der Waals surface area contributed by atoms with Gasteiger partial charge in [-0.05, 0) is 31.2 Å². The zero-order valence-electron chi connectivity index (χ0n) is 9.90. The topological polar surface area (TPSA) is 50.9 Å². The van der Waals surface area contributed by atoms with Gasteiger partial charge in [0.25, 0.3) is 0 Å². The van der Waals surface area contributed by atoms with Crippen LogP contribution in [0.5, 0.6) is 0 Å². The molecule has 0 atom stereocenters. The fourth-order valence-electron chi connectivity index (χ4n) is 2.02. The van der Waals surface area contributed by atoms with Gasteiger partial charge in [0.1, 0.15) is 10.7 Å². The molecule has 92 valence electrons. The lowest BCUT2D eigenvalue weighted by Crippen LogP contribution is -2.40. The normalized spacial score (nSPS) is 17.2. The predicted molar refractivity (Wildman–Crippen MR) is 78.7 cm³/mol. The minimum Gasteiger partial charge on any atom is -0.388 e. The summed E-state index contributed by atoms with van der Waals surface area (Å²) < 4.78 is 0.392. The quantitative estimate of drug-likeness (QED) is 0.802. The molecule has 1 heterocycles. The molecule has 3 N–H and O–H groups in total. The lowest BCUT2D eigenvalue weighted by atomic mass is 9.84. The number of nitrogens with two attached hydrogens (primary N) is 1. The average molecular weight is 267 g/mol. The van der Waals surface area contributed by atoms with Crippen molar-refractivity contribution < 1.29 is 0 Å². The first kappa shape index (κ1) is 12.6. The van der Waals surface area contributed by atoms with Gasteiger partial charge in [0.2, 0.25) is 0 Å². The van der Waals surface area contributed by atoms with Gasteiger partial charge >= 0.3 is 0 Å². The molecule has 1 fully saturated rings. The van der Waals surface area contributed by atoms with E-state index in [0.717, 1.165) is 12.2 Å². The first-order valence-corrected chi connectivity index (χ1v) is 7.34. The van der Waals surface area contributed by atoms with Gasteiger partial charge in [-0.3, -0.25) is 4.98 Å². The van der Waals surface area contributed by atoms with Crippen molar-refractivity contribution in [2.45, 2.75) is 24.0 Å². The number of rotatable bonds is 5. The highest BCUT2D eigenvalue weighted by Crippen LogP contribution is 2.42. The number of hydrogen-bond donors (Lipinski definition) is 2. The molecule has 2 rings (SSSR count). The van der Waals surface area contributed by atoms with Gasteiger partial charge in [0.15, 0.2) is 0 Å². The number of hydrogen-bond acceptors (Lipinski definition) is 4. The number of thioether (sulfide) groups is 1. The van der Waals surface area contributed by atoms with E-state index >= 15 is 0 Å². The molecular formula is C12H17N3S2. The molecule has 0 unspecified atom stereocenters. The van der Waals surface area contributed by atoms with Gasteiger partial charge in [0.05, 0.1) is 5.69 Å². The molecule has 1 aliphatic rings. The third kappa shape index (κ3) is 2.72. The van der Waals surface area contributed by atoms with Crippen molar-refractivity contribution in [3.05, 3.63) is 24.0 Å². The van der Waals surface area contributed by atoms with Crippen LogP contribution in [0, 0.1) is 0 Å². The molecule has 17 heavy (non-hydrogen) atoms. The highest BCUT2D eigenvalue weighted by molar-refractivity contribution is 8.00. The second-order valence-electron chi connectivity index (χ2n) is 4.36. The highest BCUT2D eigenvalue weighted by atomic mass is 32.2. The van der Waals surface area contributed by atoms with Crippen molar-refractivity contribution in [1.29, 1.82) is 0 Å². The largest absolute Gasteiger partial charge is 0.388 e. The van der Waals surface area contributed by atoms with E-state index in [2.05, 4.69) is 16.6 Å². The van der Waals surface area contributed by atoms with Crippen molar-refractivity contribution >= 4 is 34.7 Å². The summed E-state index contributed by atoms with van der Waals surface area (Å²) in [5.41, 5.74) is 7.29. The monoisotopic (exact) mass is 267 g/mol. The minimum absolute atomic E-state index is 0.347. The maximum Gasteiger partial charge on any atom is 0.124 e. The third-order valence-corrected chi connectivity index (χ3v) is 4.95. The fraction of sp³-hybridized carbons (Fsp3) is 0.500. The standard InChI is InChI=1S/C12H17N3S2/c1-17-12(5-3-6-12)8-15-9-4-2-7-14-10(9)11(13)16/h2,4,7,15H,3,5-6,8H2,1H3,(H2,13,16). The first-order chi connectivity index (χ1) is 8.17. The molecule has 0 spiro atoms. The van der Waals surface area contributed by atoms with Crippen LogP contribution in [0.1, 0.15) is 25.0 Å². The van der Waals surface area contributed by atoms with Crippen LogP contribution in [-0.4, -0.2) is 27.5 Å². The maximum atomic E-state index is 5.66. The van der Waals surface area contributed by atoms with Crippen LogP contribution in [0.3, 0.4) is 0 Å². The van der Waals surface area contributed by atoms with E-state index < -0.39 is 0 Å². The van der Waals surface area contributed by atoms with Gasteiger partial charge < -0.3 is 11.1 Å². The number of nitrogens with zero attached hydrogens (tertiary/aromatic N) is 1. The molecule has 0 aromatic carbocycles. The van der Waals surface area contributed by atoms with Gasteiger partial charge in [-0.1, -0.05) is 18.6 Å². The van der Waals surface area contributed by atoms with Crippen LogP contribution in [-0.2, 0) is 0 Å². The van der Waals surface area contributed by atoms with Crippen molar-refractivity contribution in [2.75, 3.05) is 18.1 Å². The number of anilines is 1. The molecule has 3 nitrogen and oxygen atoms in total. The van der Waals surface area contributed by atoms with Gasteiger partial charge in [-0.15, -0.1) is 0 Å². The molecule has 1 aliphatic carbocycles. The average Bonchev–Trinajstić information content (AvgIpc) is 2.28. The van der Waals surface area contributed by atoms with Crippen molar-refractivity contribution in [3.63, 3.8) is 0 Å². The Morgan fingerprint density at radius 2 is 2.41 bits per heavy atom. The van der Waals surface area contributed by atoms with Crippen LogP contribution in [0.2, 0.25) is 0 Å². The molecule has 0 aliphatic heterocycles. The summed E-state index contributed by atoms with van der Waals surface area (Å²) in [5, 5.41) is 3.44. The summed E-state index contributed by atoms with van der Waals surface area (Å²) in [7, 11) is 0. The van der Waals surface area contributed by atoms with Crippen LogP contribution in [0.15, 0.2) is 18.3 Å². The van der Waals surface area contributed by atoms with Crippen LogP contribution >= 0.6 is 24.0 Å². The highest BCUT2D eigenvalue weighted by Gasteiger charge is 2.35. The molecule has 1 aromatic rings. The van der Waals surface area contributed by atoms with E-state index in [1.165, 1.54) is 19.3 Å². The van der Waals surface area contributed by atoms with Crippen molar-refractivity contribution in [3.8, 4) is 0 Å². The SMILES string of the molecule is CSC1(CNc2cccnc2C(N)=S)CCC1. The molecule has 1 saturated carbocycles. The molecular weight excluding hydrogens is 250 g/mol. The molecule has 0 radical (unpaired) electrons. The zero-order valence-corrected chi connectivity index (χ0v) is 11.5. The second-order valence-corrected chi connectivity index (χ2v) is 6.07. The fourth-order valence-corrected chi connectivity index (χ4v) is 3.10. The molecule has 5 heteroatoms. The number of pyridine rings is 1. The first-order valence-electron chi connectivity index (χ1n) is 5.71. The summed E-state index contributed by atoms with van der Waals surface area (Å²) >= 11 is 6.94. The van der Waals surface area contributed by atoms with E-state index in [9.17, 15) is 0 Å². The van der Waals surface area contributed by atoms with E-state index in [1.54, 1.807) is 6.20 Å². The zero-order chi connectivity index (χ0) is 12.3. The number of nitrogens with one attached hydrogen (secondary N) is 1. The summed E-state index contributed by atoms with van der Waals surface area (Å²) in [4.78, 5) is 4.56. The number of thiocarbonyl (C=S) groups is 1. The van der Waals surface area contributed by atoms with Gasteiger partial charge in [-0.25, -0.2) is 0 Å². The lowest BCUT2D eigenvalue weighted by molar-refractivity contribution is 0.380. The Hall–Kier alpha value is -0.810. The van der Waals surface area contributed by atoms with Gasteiger partial charge in [0, 0.05) is 17.5 Å². The molecule has 0 bridgehead atoms. The minimum atomic E-state index is 0.347. The van der Waals surface area contributed by atoms with Crippen LogP contribution < -0.4 is 11.1 Å². The van der Waals surface area contributed by atoms with Crippen LogP contribution in [0.25, 0.3) is 0 Å². The van der Waals surface area contributed by atoms with E-state index in [0.29, 0.717) is 15.4 Å². The summed E-state index contributed by atoms with van der Waals surface area (Å²) in [5.74, 6) is 0. The van der Waals surface area contributed by atoms with Crippen molar-refractivity contribution in [1.82, 2.24) is 4.98 Å². The Balaban J connectivity index is 2.06. The predicted octanol–water partition coefficient (Wildman–Crippen LogP) is 2.41. The lowest BCUT2D eigenvalue weighted by Gasteiger charge is -2.40.